The summed E-state index contributed by atoms with van der Waals surface area (Å²) in [6.07, 6.45) is 6.44. The van der Waals surface area contributed by atoms with Crippen LogP contribution in [-0.2, 0) is 34.5 Å². The van der Waals surface area contributed by atoms with Gasteiger partial charge in [-0.15, -0.1) is 11.3 Å². The van der Waals surface area contributed by atoms with Crippen LogP contribution in [0.4, 0.5) is 5.82 Å². The van der Waals surface area contributed by atoms with Crippen LogP contribution in [0, 0.1) is 24.7 Å². The second kappa shape index (κ2) is 26.5. The van der Waals surface area contributed by atoms with Gasteiger partial charge in [-0.05, 0) is 118 Å². The van der Waals surface area contributed by atoms with Crippen molar-refractivity contribution < 1.29 is 29.1 Å². The molecule has 8 heterocycles. The highest BCUT2D eigenvalue weighted by Gasteiger charge is 2.44. The number of nitrogens with one attached hydrogen (secondary N) is 2. The minimum absolute atomic E-state index is 0.0778. The highest BCUT2D eigenvalue weighted by atomic mass is 32.1. The lowest BCUT2D eigenvalue weighted by atomic mass is 9.90. The number of hydrogen-bond acceptors (Lipinski definition) is 15. The van der Waals surface area contributed by atoms with Gasteiger partial charge in [0, 0.05) is 77.3 Å². The topological polar surface area (TPSA) is 220 Å². The second-order valence-corrected chi connectivity index (χ2v) is 26.1. The molecule has 4 aliphatic rings. The first-order valence-electron chi connectivity index (χ1n) is 31.0. The quantitative estimate of drug-likeness (QED) is 0.0568. The Kier molecular flexibility index (Phi) is 18.7. The number of aryl methyl sites for hydroxylation is 2. The lowest BCUT2D eigenvalue weighted by Crippen LogP contribution is -2.49. The molecule has 4 saturated heterocycles. The minimum atomic E-state index is -1.14. The number of thiazole rings is 1. The molecular formula is C66H84N12O7S. The van der Waals surface area contributed by atoms with Gasteiger partial charge in [0.2, 0.25) is 17.7 Å². The maximum atomic E-state index is 14.4. The van der Waals surface area contributed by atoms with Crippen molar-refractivity contribution >= 4 is 45.9 Å². The van der Waals surface area contributed by atoms with Crippen LogP contribution in [0.2, 0.25) is 0 Å². The van der Waals surface area contributed by atoms with Gasteiger partial charge in [-0.25, -0.2) is 9.97 Å². The molecule has 4 N–H and O–H groups in total. The average molecular weight is 1190 g/mol. The summed E-state index contributed by atoms with van der Waals surface area (Å²) in [5.74, 6) is 1.27. The molecular weight excluding hydrogens is 1100 g/mol. The number of β-amino-alcohol motifs (C(OH)–C–C–N with tert-alkyl or cyclic N) is 1. The predicted octanol–water partition coefficient (Wildman–Crippen LogP) is 8.06. The molecule has 19 nitrogen and oxygen atoms in total. The first-order valence-corrected chi connectivity index (χ1v) is 31.9. The first kappa shape index (κ1) is 60.6. The third kappa shape index (κ3) is 13.7. The maximum absolute atomic E-state index is 14.4. The van der Waals surface area contributed by atoms with E-state index in [1.165, 1.54) is 21.4 Å². The molecule has 5 atom stereocenters. The van der Waals surface area contributed by atoms with Crippen LogP contribution in [0.25, 0.3) is 32.7 Å². The molecule has 0 radical (unpaired) electrons. The molecule has 4 aromatic heterocycles. The Balaban J connectivity index is 0.599. The third-order valence-electron chi connectivity index (χ3n) is 18.7. The van der Waals surface area contributed by atoms with Crippen molar-refractivity contribution in [1.29, 1.82) is 0 Å². The number of fused-ring (bicyclic) bond motifs is 1. The Morgan fingerprint density at radius 3 is 2.22 bits per heavy atom. The second-order valence-electron chi connectivity index (χ2n) is 25.3. The van der Waals surface area contributed by atoms with Gasteiger partial charge in [0.1, 0.15) is 17.5 Å². The fourth-order valence-electron chi connectivity index (χ4n) is 13.4. The van der Waals surface area contributed by atoms with Gasteiger partial charge >= 0.3 is 0 Å². The van der Waals surface area contributed by atoms with Crippen molar-refractivity contribution in [1.82, 2.24) is 54.8 Å². The molecule has 11 rings (SSSR count). The van der Waals surface area contributed by atoms with Gasteiger partial charge in [-0.1, -0.05) is 105 Å². The largest absolute Gasteiger partial charge is 0.391 e. The standard InChI is InChI=1S/C66H84N12O7S/c1-42(2)58(64(82)78-38-53(79)33-54(78)63(81)70-44(4)50-16-18-52(19-17-50)62-45(5)69-41-86-62)55-34-56(72-85-55)75-28-22-48(23-29-75)37-74-26-20-47(21-27-74)36-67-35-46-12-14-51(15-13-46)61-59-60(71-73(61)6)65(83)77(40-68-59)39-66(84)24-30-76(31-25-66)57(80)32-43(3)49-10-8-7-9-11-49/h7-19,34,40-44,47-48,53-54,58,67,79,84H,20-33,35-39H2,1-6H3,(H,70,81)/t43-,44+,53-,54+,58-/m1/s1. The summed E-state index contributed by atoms with van der Waals surface area (Å²) in [6.45, 7) is 17.7. The van der Waals surface area contributed by atoms with E-state index in [0.29, 0.717) is 55.5 Å². The van der Waals surface area contributed by atoms with Gasteiger partial charge in [0.15, 0.2) is 17.1 Å². The van der Waals surface area contributed by atoms with Gasteiger partial charge in [-0.2, -0.15) is 5.10 Å². The number of aromatic nitrogens is 6. The van der Waals surface area contributed by atoms with Gasteiger partial charge < -0.3 is 45.0 Å². The molecule has 0 bridgehead atoms. The number of carbonyl (C=O) groups is 3. The first-order chi connectivity index (χ1) is 41.5. The normalized spacial score (nSPS) is 20.0. The number of carbonyl (C=O) groups excluding carboxylic acids is 3. The van der Waals surface area contributed by atoms with E-state index in [4.69, 9.17) is 9.51 Å². The number of aliphatic hydroxyl groups is 2. The van der Waals surface area contributed by atoms with E-state index in [-0.39, 0.29) is 66.2 Å². The van der Waals surface area contributed by atoms with Crippen LogP contribution in [0.1, 0.15) is 125 Å². The molecule has 20 heteroatoms. The average Bonchev–Trinajstić information content (AvgIpc) is 4.46. The number of piperidine rings is 3. The fraction of sp³-hybridized carbons (Fsp3) is 0.515. The molecule has 3 aromatic carbocycles. The number of nitrogens with zero attached hydrogens (tertiary/aromatic N) is 10. The highest BCUT2D eigenvalue weighted by Crippen LogP contribution is 2.36. The summed E-state index contributed by atoms with van der Waals surface area (Å²) in [6, 6.07) is 27.3. The zero-order chi connectivity index (χ0) is 60.2. The third-order valence-corrected chi connectivity index (χ3v) is 19.7. The Labute approximate surface area is 507 Å². The van der Waals surface area contributed by atoms with Crippen molar-refractivity contribution in [2.45, 2.75) is 135 Å². The Hall–Kier alpha value is -7.10. The van der Waals surface area contributed by atoms with Crippen molar-refractivity contribution in [3.05, 3.63) is 135 Å². The lowest BCUT2D eigenvalue weighted by Gasteiger charge is -2.38. The van der Waals surface area contributed by atoms with Crippen LogP contribution >= 0.6 is 11.3 Å². The summed E-state index contributed by atoms with van der Waals surface area (Å²) >= 11 is 1.60. The number of aliphatic hydroxyl groups excluding tert-OH is 1. The number of hydrogen-bond donors (Lipinski definition) is 4. The summed E-state index contributed by atoms with van der Waals surface area (Å²) in [5.41, 5.74) is 8.17. The summed E-state index contributed by atoms with van der Waals surface area (Å²) in [4.78, 5) is 73.7. The smallest absolute Gasteiger partial charge is 0.281 e. The number of amides is 3. The van der Waals surface area contributed by atoms with E-state index < -0.39 is 23.7 Å². The van der Waals surface area contributed by atoms with E-state index in [1.807, 2.05) is 106 Å². The zero-order valence-electron chi connectivity index (χ0n) is 50.6. The number of rotatable bonds is 20. The maximum Gasteiger partial charge on any atom is 0.281 e. The molecule has 4 fully saturated rings. The van der Waals surface area contributed by atoms with E-state index >= 15 is 0 Å². The number of likely N-dealkylation sites (tertiary alicyclic amines) is 3. The minimum Gasteiger partial charge on any atom is -0.391 e. The fourth-order valence-corrected chi connectivity index (χ4v) is 14.3. The summed E-state index contributed by atoms with van der Waals surface area (Å²) in [5, 5.41) is 38.3. The van der Waals surface area contributed by atoms with Crippen molar-refractivity contribution in [3.8, 4) is 21.7 Å². The molecule has 0 unspecified atom stereocenters. The molecule has 456 valence electrons. The van der Waals surface area contributed by atoms with Gasteiger partial charge in [-0.3, -0.25) is 28.4 Å². The zero-order valence-corrected chi connectivity index (χ0v) is 51.4. The Morgan fingerprint density at radius 1 is 0.837 bits per heavy atom. The predicted molar refractivity (Wildman–Crippen MR) is 333 cm³/mol. The molecule has 4 aliphatic heterocycles. The van der Waals surface area contributed by atoms with E-state index in [0.717, 1.165) is 116 Å². The van der Waals surface area contributed by atoms with E-state index in [9.17, 15) is 29.4 Å². The highest BCUT2D eigenvalue weighted by molar-refractivity contribution is 7.13. The number of anilines is 1. The van der Waals surface area contributed by atoms with E-state index in [2.05, 4.69) is 66.9 Å². The van der Waals surface area contributed by atoms with Crippen LogP contribution < -0.4 is 21.1 Å². The lowest BCUT2D eigenvalue weighted by molar-refractivity contribution is -0.141. The molecule has 3 amide bonds. The van der Waals surface area contributed by atoms with Crippen LogP contribution in [0.3, 0.4) is 0 Å². The van der Waals surface area contributed by atoms with Crippen molar-refractivity contribution in [2.24, 2.45) is 24.8 Å². The van der Waals surface area contributed by atoms with Crippen LogP contribution in [0.15, 0.2) is 106 Å². The molecule has 0 saturated carbocycles. The Morgan fingerprint density at radius 2 is 1.53 bits per heavy atom. The van der Waals surface area contributed by atoms with Gasteiger partial charge in [0.25, 0.3) is 5.56 Å². The summed E-state index contributed by atoms with van der Waals surface area (Å²) < 4.78 is 9.13. The molecule has 7 aromatic rings. The number of benzene rings is 3. The molecule has 86 heavy (non-hydrogen) atoms. The summed E-state index contributed by atoms with van der Waals surface area (Å²) in [7, 11) is 1.83. The van der Waals surface area contributed by atoms with Crippen molar-refractivity contribution in [3.63, 3.8) is 0 Å². The monoisotopic (exact) mass is 1190 g/mol. The van der Waals surface area contributed by atoms with E-state index in [1.54, 1.807) is 16.0 Å². The van der Waals surface area contributed by atoms with Gasteiger partial charge in [0.05, 0.1) is 52.4 Å². The SMILES string of the molecule is Cc1ncsc1-c1ccc([C@H](C)NC(=O)[C@@H]2C[C@@H](O)CN2C(=O)[C@@H](c2cc(N3CCC(CN4CCC(CNCc5ccc(-c6c7ncn(CC8(O)CCN(C(=O)C[C@@H](C)c9ccccc9)CC8)c(=O)c7nn6C)cc5)CC4)CC3)no2)C(C)C)cc1. The molecule has 0 spiro atoms. The van der Waals surface area contributed by atoms with Crippen LogP contribution in [-0.4, -0.2) is 149 Å². The molecule has 0 aliphatic carbocycles. The Bertz CT molecular complexity index is 3500. The van der Waals surface area contributed by atoms with Crippen molar-refractivity contribution in [2.75, 3.05) is 63.8 Å². The van der Waals surface area contributed by atoms with Crippen LogP contribution in [0.5, 0.6) is 0 Å².